The quantitative estimate of drug-likeness (QED) is 0.226. The highest BCUT2D eigenvalue weighted by Gasteiger charge is 2.75. The van der Waals surface area contributed by atoms with Crippen molar-refractivity contribution < 1.29 is 42.2 Å². The van der Waals surface area contributed by atoms with Gasteiger partial charge in [0.2, 0.25) is 11.6 Å². The summed E-state index contributed by atoms with van der Waals surface area (Å²) < 4.78 is 42.4. The van der Waals surface area contributed by atoms with Crippen molar-refractivity contribution >= 4 is 36.2 Å². The zero-order valence-electron chi connectivity index (χ0n) is 30.3. The number of hydrogen-bond donors (Lipinski definition) is 2. The van der Waals surface area contributed by atoms with Crippen LogP contribution in [0.3, 0.4) is 0 Å². The van der Waals surface area contributed by atoms with E-state index in [-0.39, 0.29) is 29.6 Å². The van der Waals surface area contributed by atoms with E-state index in [0.717, 1.165) is 10.5 Å². The van der Waals surface area contributed by atoms with E-state index >= 15 is 4.79 Å². The highest BCUT2D eigenvalue weighted by atomic mass is 32.2. The second-order valence-corrected chi connectivity index (χ2v) is 22.0. The smallest absolute Gasteiger partial charge is 0.330 e. The number of hydrogen-bond acceptors (Lipinski definition) is 9. The normalized spacial score (nSPS) is 26.8. The van der Waals surface area contributed by atoms with Crippen LogP contribution in [0.25, 0.3) is 0 Å². The van der Waals surface area contributed by atoms with Gasteiger partial charge in [0.05, 0.1) is 42.5 Å². The Kier molecular flexibility index (Phi) is 10.0. The Bertz CT molecular complexity index is 1920. The minimum Gasteiger partial charge on any atom is -0.416 e. The third-order valence-corrected chi connectivity index (χ3v) is 17.5. The van der Waals surface area contributed by atoms with Gasteiger partial charge in [-0.25, -0.2) is 17.5 Å². The van der Waals surface area contributed by atoms with Gasteiger partial charge in [0.1, 0.15) is 0 Å². The van der Waals surface area contributed by atoms with Crippen molar-refractivity contribution in [1.82, 2.24) is 14.1 Å². The molecular formula is C38H47N3O9SSi. The first-order valence-corrected chi connectivity index (χ1v) is 21.8. The fourth-order valence-corrected chi connectivity index (χ4v) is 9.98. The number of carbonyl (C=O) groups is 3. The largest absolute Gasteiger partial charge is 0.416 e. The Morgan fingerprint density at radius 1 is 0.885 bits per heavy atom. The lowest BCUT2D eigenvalue weighted by atomic mass is 9.71. The third-order valence-electron chi connectivity index (χ3n) is 11.2. The standard InChI is InChI=1S/C38H47N3O9SSi/c1-25-17-19-28(20-18-25)51(47,48)41-30(23-42)32-31(33(41)43)29(24-49-52(5,6)37(2,3)4)34(44)50-38(32)35(45)39(21-26-13-9-7-10-14-26)36(46)40(38)22-27-15-11-8-12-16-27/h7-20,29-32,34,42,44H,21-24H2,1-6H3/t29-,30-,31?,32?,34+,38+/m1/s1. The summed E-state index contributed by atoms with van der Waals surface area (Å²) in [5.41, 5.74) is -0.321. The number of aliphatic hydroxyl groups is 2. The molecule has 12 nitrogen and oxygen atoms in total. The lowest BCUT2D eigenvalue weighted by Crippen LogP contribution is -2.68. The van der Waals surface area contributed by atoms with E-state index in [2.05, 4.69) is 0 Å². The molecule has 3 aliphatic rings. The monoisotopic (exact) mass is 749 g/mol. The maximum Gasteiger partial charge on any atom is 0.330 e. The molecule has 0 saturated carbocycles. The summed E-state index contributed by atoms with van der Waals surface area (Å²) in [5.74, 6) is -5.76. The molecule has 3 heterocycles. The van der Waals surface area contributed by atoms with Crippen molar-refractivity contribution in [3.63, 3.8) is 0 Å². The van der Waals surface area contributed by atoms with Crippen LogP contribution in [0.1, 0.15) is 37.5 Å². The number of sulfonamides is 1. The van der Waals surface area contributed by atoms with Gasteiger partial charge in [-0.05, 0) is 48.3 Å². The fraction of sp³-hybridized carbons (Fsp3) is 0.447. The lowest BCUT2D eigenvalue weighted by molar-refractivity contribution is -0.300. The number of carbonyl (C=O) groups excluding carboxylic acids is 3. The molecule has 2 N–H and O–H groups in total. The van der Waals surface area contributed by atoms with Crippen molar-refractivity contribution in [3.05, 3.63) is 102 Å². The molecule has 2 unspecified atom stereocenters. The highest BCUT2D eigenvalue weighted by Crippen LogP contribution is 2.55. The van der Waals surface area contributed by atoms with E-state index in [1.807, 2.05) is 33.9 Å². The second-order valence-electron chi connectivity index (χ2n) is 15.4. The van der Waals surface area contributed by atoms with Crippen molar-refractivity contribution in [2.75, 3.05) is 13.2 Å². The molecule has 1 spiro atoms. The Hall–Kier alpha value is -3.92. The number of fused-ring (bicyclic) bond motifs is 2. The molecule has 0 aromatic heterocycles. The van der Waals surface area contributed by atoms with Crippen LogP contribution < -0.4 is 0 Å². The van der Waals surface area contributed by atoms with Crippen LogP contribution in [0.15, 0.2) is 89.8 Å². The highest BCUT2D eigenvalue weighted by molar-refractivity contribution is 7.89. The molecule has 3 aromatic rings. The average molecular weight is 750 g/mol. The summed E-state index contributed by atoms with van der Waals surface area (Å²) in [5, 5.41) is 22.8. The van der Waals surface area contributed by atoms with Gasteiger partial charge in [-0.1, -0.05) is 99.1 Å². The molecule has 3 saturated heterocycles. The molecule has 278 valence electrons. The molecule has 3 fully saturated rings. The zero-order chi connectivity index (χ0) is 37.8. The number of urea groups is 1. The van der Waals surface area contributed by atoms with Gasteiger partial charge in [-0.15, -0.1) is 0 Å². The number of ether oxygens (including phenoxy) is 1. The van der Waals surface area contributed by atoms with Gasteiger partial charge >= 0.3 is 6.03 Å². The van der Waals surface area contributed by atoms with Gasteiger partial charge in [-0.3, -0.25) is 19.4 Å². The zero-order valence-corrected chi connectivity index (χ0v) is 32.1. The van der Waals surface area contributed by atoms with Crippen LogP contribution in [0.2, 0.25) is 18.1 Å². The molecule has 3 aromatic carbocycles. The lowest BCUT2D eigenvalue weighted by Gasteiger charge is -2.50. The minimum absolute atomic E-state index is 0.149. The van der Waals surface area contributed by atoms with Crippen LogP contribution in [0.5, 0.6) is 0 Å². The molecule has 3 aliphatic heterocycles. The van der Waals surface area contributed by atoms with Crippen molar-refractivity contribution in [3.8, 4) is 0 Å². The summed E-state index contributed by atoms with van der Waals surface area (Å²) in [4.78, 5) is 46.4. The van der Waals surface area contributed by atoms with E-state index in [1.165, 1.54) is 17.0 Å². The minimum atomic E-state index is -4.62. The Labute approximate surface area is 306 Å². The number of aliphatic hydroxyl groups excluding tert-OH is 2. The van der Waals surface area contributed by atoms with Gasteiger partial charge in [0.25, 0.3) is 15.9 Å². The summed E-state index contributed by atoms with van der Waals surface area (Å²) in [6, 6.07) is 21.4. The SMILES string of the molecule is Cc1ccc(S(=O)(=O)N2C(=O)C3C([C@H]2CO)[C@]2(O[C@H](O)[C@@H]3CO[Si](C)(C)C(C)(C)C)C(=O)N(Cc3ccccc3)C(=O)N2Cc2ccccc2)cc1. The third kappa shape index (κ3) is 6.28. The van der Waals surface area contributed by atoms with Crippen molar-refractivity contribution in [2.24, 2.45) is 17.8 Å². The number of imide groups is 1. The summed E-state index contributed by atoms with van der Waals surface area (Å²) in [7, 11) is -7.12. The van der Waals surface area contributed by atoms with Crippen molar-refractivity contribution in [2.45, 2.75) is 81.9 Å². The molecule has 0 bridgehead atoms. The maximum atomic E-state index is 15.0. The Morgan fingerprint density at radius 2 is 1.44 bits per heavy atom. The van der Waals surface area contributed by atoms with Gasteiger partial charge in [-0.2, -0.15) is 0 Å². The topological polar surface area (TPSA) is 154 Å². The van der Waals surface area contributed by atoms with E-state index in [4.69, 9.17) is 9.16 Å². The maximum absolute atomic E-state index is 15.0. The summed E-state index contributed by atoms with van der Waals surface area (Å²) >= 11 is 0. The molecule has 0 aliphatic carbocycles. The van der Waals surface area contributed by atoms with E-state index in [0.29, 0.717) is 15.4 Å². The van der Waals surface area contributed by atoms with Crippen molar-refractivity contribution in [1.29, 1.82) is 0 Å². The number of rotatable bonds is 10. The first-order valence-electron chi connectivity index (χ1n) is 17.4. The first kappa shape index (κ1) is 37.8. The predicted molar refractivity (Wildman–Crippen MR) is 194 cm³/mol. The first-order chi connectivity index (χ1) is 24.5. The van der Waals surface area contributed by atoms with Gasteiger partial charge in [0, 0.05) is 12.5 Å². The molecule has 6 atom stereocenters. The van der Waals surface area contributed by atoms with Gasteiger partial charge in [0.15, 0.2) is 14.6 Å². The second kappa shape index (κ2) is 13.8. The van der Waals surface area contributed by atoms with Gasteiger partial charge < -0.3 is 19.4 Å². The fourth-order valence-electron chi connectivity index (χ4n) is 7.32. The number of amides is 4. The Balaban J connectivity index is 1.54. The number of benzene rings is 3. The van der Waals surface area contributed by atoms with E-state index in [9.17, 15) is 28.2 Å². The molecule has 6 rings (SSSR count). The molecule has 0 radical (unpaired) electrons. The molecule has 4 amide bonds. The van der Waals surface area contributed by atoms with E-state index in [1.54, 1.807) is 79.7 Å². The summed E-state index contributed by atoms with van der Waals surface area (Å²) in [6.07, 6.45) is -1.83. The van der Waals surface area contributed by atoms with E-state index < -0.39 is 78.6 Å². The van der Waals surface area contributed by atoms with Crippen LogP contribution in [0.4, 0.5) is 4.79 Å². The predicted octanol–water partition coefficient (Wildman–Crippen LogP) is 4.47. The van der Waals surface area contributed by atoms with Crippen LogP contribution in [-0.2, 0) is 41.9 Å². The summed E-state index contributed by atoms with van der Waals surface area (Å²) in [6.45, 7) is 10.5. The average Bonchev–Trinajstić information content (AvgIpc) is 3.50. The molecule has 14 heteroatoms. The van der Waals surface area contributed by atoms with Crippen LogP contribution in [-0.4, -0.2) is 90.2 Å². The van der Waals surface area contributed by atoms with Crippen LogP contribution in [0, 0.1) is 24.7 Å². The van der Waals surface area contributed by atoms with Crippen LogP contribution >= 0.6 is 0 Å². The number of aryl methyl sites for hydroxylation is 1. The molecule has 52 heavy (non-hydrogen) atoms. The number of nitrogens with zero attached hydrogens (tertiary/aromatic N) is 3. The molecular weight excluding hydrogens is 703 g/mol. The Morgan fingerprint density at radius 3 is 1.98 bits per heavy atom.